The molecule has 0 spiro atoms. The molecule has 0 saturated carbocycles. The van der Waals surface area contributed by atoms with Gasteiger partial charge in [-0.25, -0.2) is 9.78 Å². The number of fused-ring (bicyclic) bond motifs is 2. The molecule has 2 aromatic heterocycles. The number of benzene rings is 1. The molecule has 0 atom stereocenters. The zero-order chi connectivity index (χ0) is 12.9. The summed E-state index contributed by atoms with van der Waals surface area (Å²) in [5.74, 6) is -0.894. The molecule has 0 saturated heterocycles. The van der Waals surface area contributed by atoms with Crippen LogP contribution >= 0.6 is 11.3 Å². The summed E-state index contributed by atoms with van der Waals surface area (Å²) in [4.78, 5) is 16.7. The second-order valence-electron chi connectivity index (χ2n) is 4.38. The fourth-order valence-corrected chi connectivity index (χ4v) is 2.90. The summed E-state index contributed by atoms with van der Waals surface area (Å²) in [5.41, 5.74) is 3.31. The highest BCUT2D eigenvalue weighted by Gasteiger charge is 2.11. The van der Waals surface area contributed by atoms with Crippen molar-refractivity contribution in [1.82, 2.24) is 4.98 Å². The molecule has 2 heterocycles. The van der Waals surface area contributed by atoms with Crippen LogP contribution < -0.4 is 0 Å². The van der Waals surface area contributed by atoms with Gasteiger partial charge in [0.05, 0.1) is 5.52 Å². The molecule has 4 heteroatoms. The van der Waals surface area contributed by atoms with Crippen molar-refractivity contribution in [3.63, 3.8) is 0 Å². The third-order valence-electron chi connectivity index (χ3n) is 3.21. The van der Waals surface area contributed by atoms with Gasteiger partial charge in [-0.2, -0.15) is 0 Å². The number of hydrogen-bond acceptors (Lipinski definition) is 3. The van der Waals surface area contributed by atoms with Gasteiger partial charge in [0.1, 0.15) is 9.71 Å². The second-order valence-corrected chi connectivity index (χ2v) is 5.41. The molecule has 3 nitrogen and oxygen atoms in total. The number of nitrogens with zero attached hydrogens (tertiary/aromatic N) is 1. The van der Waals surface area contributed by atoms with Crippen molar-refractivity contribution in [2.24, 2.45) is 0 Å². The van der Waals surface area contributed by atoms with Gasteiger partial charge in [-0.3, -0.25) is 0 Å². The number of carboxylic acid groups (broad SMARTS) is 1. The Bertz CT molecular complexity index is 789. The highest BCUT2D eigenvalue weighted by molar-refractivity contribution is 7.20. The average Bonchev–Trinajstić information content (AvgIpc) is 2.75. The van der Waals surface area contributed by atoms with Gasteiger partial charge in [0.25, 0.3) is 0 Å². The Balaban J connectivity index is 2.40. The van der Waals surface area contributed by atoms with Gasteiger partial charge in [0.15, 0.2) is 0 Å². The molecular formula is C14H11NO2S. The maximum Gasteiger partial charge on any atom is 0.345 e. The predicted molar refractivity (Wildman–Crippen MR) is 73.6 cm³/mol. The molecule has 0 fully saturated rings. The molecular weight excluding hydrogens is 246 g/mol. The molecule has 1 N–H and O–H groups in total. The fraction of sp³-hybridized carbons (Fsp3) is 0.143. The lowest BCUT2D eigenvalue weighted by atomic mass is 10.0. The van der Waals surface area contributed by atoms with E-state index in [-0.39, 0.29) is 0 Å². The van der Waals surface area contributed by atoms with Crippen LogP contribution in [0, 0.1) is 13.8 Å². The lowest BCUT2D eigenvalue weighted by Gasteiger charge is -2.04. The number of pyridine rings is 1. The maximum atomic E-state index is 11.0. The number of aryl methyl sites for hydroxylation is 2. The van der Waals surface area contributed by atoms with Crippen molar-refractivity contribution < 1.29 is 9.90 Å². The van der Waals surface area contributed by atoms with E-state index >= 15 is 0 Å². The van der Waals surface area contributed by atoms with Crippen LogP contribution in [-0.2, 0) is 0 Å². The summed E-state index contributed by atoms with van der Waals surface area (Å²) in [6.45, 7) is 4.10. The molecule has 0 radical (unpaired) electrons. The summed E-state index contributed by atoms with van der Waals surface area (Å²) in [5, 5.41) is 11.0. The molecule has 0 unspecified atom stereocenters. The van der Waals surface area contributed by atoms with Gasteiger partial charge in [0.2, 0.25) is 0 Å². The van der Waals surface area contributed by atoms with Crippen molar-refractivity contribution in [1.29, 1.82) is 0 Å². The number of thiophene rings is 1. The van der Waals surface area contributed by atoms with Crippen molar-refractivity contribution in [3.8, 4) is 0 Å². The van der Waals surface area contributed by atoms with Crippen LogP contribution in [0.15, 0.2) is 24.3 Å². The quantitative estimate of drug-likeness (QED) is 0.722. The third-order valence-corrected chi connectivity index (χ3v) is 4.24. The summed E-state index contributed by atoms with van der Waals surface area (Å²) < 4.78 is 0. The number of carboxylic acids is 1. The molecule has 0 bridgehead atoms. The van der Waals surface area contributed by atoms with Crippen LogP contribution in [0.5, 0.6) is 0 Å². The Morgan fingerprint density at radius 1 is 1.22 bits per heavy atom. The first-order chi connectivity index (χ1) is 8.56. The largest absolute Gasteiger partial charge is 0.477 e. The second kappa shape index (κ2) is 3.78. The SMILES string of the molecule is Cc1ccc2cc3cc(C(=O)O)sc3nc2c1C. The van der Waals surface area contributed by atoms with Crippen molar-refractivity contribution in [2.45, 2.75) is 13.8 Å². The van der Waals surface area contributed by atoms with E-state index in [2.05, 4.69) is 18.0 Å². The number of carbonyl (C=O) groups is 1. The molecule has 18 heavy (non-hydrogen) atoms. The van der Waals surface area contributed by atoms with Crippen molar-refractivity contribution in [3.05, 3.63) is 40.3 Å². The summed E-state index contributed by atoms with van der Waals surface area (Å²) >= 11 is 1.22. The van der Waals surface area contributed by atoms with Crippen LogP contribution in [0.2, 0.25) is 0 Å². The van der Waals surface area contributed by atoms with Gasteiger partial charge in [-0.1, -0.05) is 12.1 Å². The molecule has 90 valence electrons. The monoisotopic (exact) mass is 257 g/mol. The zero-order valence-electron chi connectivity index (χ0n) is 10.0. The van der Waals surface area contributed by atoms with E-state index in [1.165, 1.54) is 16.9 Å². The fourth-order valence-electron chi connectivity index (χ4n) is 2.05. The van der Waals surface area contributed by atoms with Crippen LogP contribution in [0.1, 0.15) is 20.8 Å². The Morgan fingerprint density at radius 3 is 2.72 bits per heavy atom. The molecule has 3 rings (SSSR count). The van der Waals surface area contributed by atoms with Crippen molar-refractivity contribution >= 4 is 38.4 Å². The molecule has 0 aliphatic carbocycles. The topological polar surface area (TPSA) is 50.2 Å². The van der Waals surface area contributed by atoms with E-state index in [0.717, 1.165) is 26.7 Å². The standard InChI is InChI=1S/C14H11NO2S/c1-7-3-4-9-5-10-6-11(14(16)17)18-13(10)15-12(9)8(7)2/h3-6H,1-2H3,(H,16,17). The van der Waals surface area contributed by atoms with Crippen LogP contribution in [0.4, 0.5) is 0 Å². The number of rotatable bonds is 1. The van der Waals surface area contributed by atoms with Crippen LogP contribution in [0.3, 0.4) is 0 Å². The van der Waals surface area contributed by atoms with Crippen LogP contribution in [0.25, 0.3) is 21.1 Å². The average molecular weight is 257 g/mol. The van der Waals surface area contributed by atoms with Gasteiger partial charge in [-0.15, -0.1) is 11.3 Å². The number of hydrogen-bond donors (Lipinski definition) is 1. The molecule has 0 amide bonds. The van der Waals surface area contributed by atoms with E-state index in [9.17, 15) is 4.79 Å². The third kappa shape index (κ3) is 1.57. The first-order valence-corrected chi connectivity index (χ1v) is 6.42. The van der Waals surface area contributed by atoms with E-state index in [4.69, 9.17) is 5.11 Å². The predicted octanol–water partition coefficient (Wildman–Crippen LogP) is 3.76. The minimum atomic E-state index is -0.894. The minimum absolute atomic E-state index is 0.335. The first-order valence-electron chi connectivity index (χ1n) is 5.60. The zero-order valence-corrected chi connectivity index (χ0v) is 10.8. The van der Waals surface area contributed by atoms with Gasteiger partial charge < -0.3 is 5.11 Å². The smallest absolute Gasteiger partial charge is 0.345 e. The lowest BCUT2D eigenvalue weighted by Crippen LogP contribution is -1.89. The normalized spacial score (nSPS) is 11.2. The van der Waals surface area contributed by atoms with E-state index < -0.39 is 5.97 Å². The van der Waals surface area contributed by atoms with E-state index in [1.54, 1.807) is 6.07 Å². The molecule has 0 aliphatic rings. The Kier molecular flexibility index (Phi) is 2.35. The first kappa shape index (κ1) is 11.2. The molecule has 0 aliphatic heterocycles. The lowest BCUT2D eigenvalue weighted by molar-refractivity contribution is 0.0702. The number of aromatic carboxylic acids is 1. The van der Waals surface area contributed by atoms with Crippen molar-refractivity contribution in [2.75, 3.05) is 0 Å². The van der Waals surface area contributed by atoms with Crippen LogP contribution in [-0.4, -0.2) is 16.1 Å². The van der Waals surface area contributed by atoms with Gasteiger partial charge in [0, 0.05) is 10.8 Å². The summed E-state index contributed by atoms with van der Waals surface area (Å²) in [6.07, 6.45) is 0. The highest BCUT2D eigenvalue weighted by atomic mass is 32.1. The number of aromatic nitrogens is 1. The van der Waals surface area contributed by atoms with E-state index in [1.807, 2.05) is 19.1 Å². The summed E-state index contributed by atoms with van der Waals surface area (Å²) in [7, 11) is 0. The summed E-state index contributed by atoms with van der Waals surface area (Å²) in [6, 6.07) is 7.79. The minimum Gasteiger partial charge on any atom is -0.477 e. The van der Waals surface area contributed by atoms with Gasteiger partial charge >= 0.3 is 5.97 Å². The molecule has 1 aromatic carbocycles. The Labute approximate surface area is 108 Å². The maximum absolute atomic E-state index is 11.0. The Morgan fingerprint density at radius 2 is 2.00 bits per heavy atom. The Hall–Kier alpha value is -1.94. The molecule has 3 aromatic rings. The van der Waals surface area contributed by atoms with E-state index in [0.29, 0.717) is 4.88 Å². The van der Waals surface area contributed by atoms with Gasteiger partial charge in [-0.05, 0) is 37.1 Å². The highest BCUT2D eigenvalue weighted by Crippen LogP contribution is 2.29.